The van der Waals surface area contributed by atoms with Crippen molar-refractivity contribution in [1.82, 2.24) is 0 Å². The molecule has 0 spiro atoms. The van der Waals surface area contributed by atoms with E-state index in [1.165, 1.54) is 5.56 Å². The second-order valence-electron chi connectivity index (χ2n) is 2.84. The van der Waals surface area contributed by atoms with Gasteiger partial charge in [-0.3, -0.25) is 0 Å². The van der Waals surface area contributed by atoms with Crippen molar-refractivity contribution in [2.24, 2.45) is 0 Å². The summed E-state index contributed by atoms with van der Waals surface area (Å²) in [5, 5.41) is 0. The highest BCUT2D eigenvalue weighted by atomic mass is 16.5. The van der Waals surface area contributed by atoms with E-state index in [1.54, 1.807) is 0 Å². The van der Waals surface area contributed by atoms with Crippen LogP contribution in [0, 0.1) is 6.92 Å². The fraction of sp³-hybridized carbons (Fsp3) is 0.364. The molecule has 1 atom stereocenters. The molecular formula is C11H15O. The first-order valence-electron chi connectivity index (χ1n) is 4.27. The highest BCUT2D eigenvalue weighted by molar-refractivity contribution is 5.25. The predicted molar refractivity (Wildman–Crippen MR) is 50.9 cm³/mol. The average Bonchev–Trinajstić information content (AvgIpc) is 2.06. The highest BCUT2D eigenvalue weighted by Gasteiger charge is 2.02. The molecule has 1 heteroatoms. The molecular weight excluding hydrogens is 148 g/mol. The number of benzene rings is 1. The van der Waals surface area contributed by atoms with Crippen molar-refractivity contribution < 1.29 is 4.74 Å². The van der Waals surface area contributed by atoms with Crippen LogP contribution in [-0.2, 0) is 4.74 Å². The molecule has 1 nitrogen and oxygen atoms in total. The van der Waals surface area contributed by atoms with Crippen LogP contribution in [0.1, 0.15) is 31.1 Å². The van der Waals surface area contributed by atoms with Crippen LogP contribution in [0.3, 0.4) is 0 Å². The van der Waals surface area contributed by atoms with Gasteiger partial charge in [0.15, 0.2) is 0 Å². The van der Waals surface area contributed by atoms with Crippen molar-refractivity contribution in [3.63, 3.8) is 0 Å². The Hall–Kier alpha value is -0.820. The lowest BCUT2D eigenvalue weighted by Gasteiger charge is -2.11. The third kappa shape index (κ3) is 2.35. The van der Waals surface area contributed by atoms with Crippen LogP contribution in [0.5, 0.6) is 0 Å². The van der Waals surface area contributed by atoms with Gasteiger partial charge in [-0.05, 0) is 31.9 Å². The Balaban J connectivity index is 2.68. The van der Waals surface area contributed by atoms with Crippen LogP contribution < -0.4 is 0 Å². The van der Waals surface area contributed by atoms with E-state index >= 15 is 0 Å². The Labute approximate surface area is 74.4 Å². The van der Waals surface area contributed by atoms with Crippen molar-refractivity contribution in [2.45, 2.75) is 20.0 Å². The van der Waals surface area contributed by atoms with Gasteiger partial charge in [-0.15, -0.1) is 0 Å². The monoisotopic (exact) mass is 163 g/mol. The van der Waals surface area contributed by atoms with Gasteiger partial charge >= 0.3 is 0 Å². The summed E-state index contributed by atoms with van der Waals surface area (Å²) in [7, 11) is 0. The van der Waals surface area contributed by atoms with E-state index in [9.17, 15) is 0 Å². The second-order valence-corrected chi connectivity index (χ2v) is 2.84. The maximum absolute atomic E-state index is 5.45. The topological polar surface area (TPSA) is 9.23 Å². The minimum Gasteiger partial charge on any atom is -0.374 e. The third-order valence-corrected chi connectivity index (χ3v) is 1.87. The zero-order valence-electron chi connectivity index (χ0n) is 7.71. The van der Waals surface area contributed by atoms with E-state index in [2.05, 4.69) is 26.0 Å². The molecule has 0 fully saturated rings. The smallest absolute Gasteiger partial charge is 0.0796 e. The molecule has 1 aromatic rings. The molecule has 1 radical (unpaired) electrons. The van der Waals surface area contributed by atoms with E-state index in [1.807, 2.05) is 19.1 Å². The number of rotatable bonds is 3. The minimum absolute atomic E-state index is 0.190. The summed E-state index contributed by atoms with van der Waals surface area (Å²) in [6, 6.07) is 8.13. The van der Waals surface area contributed by atoms with E-state index in [0.29, 0.717) is 0 Å². The van der Waals surface area contributed by atoms with Gasteiger partial charge in [0.25, 0.3) is 0 Å². The first kappa shape index (κ1) is 9.27. The molecule has 0 saturated carbocycles. The second kappa shape index (κ2) is 4.27. The van der Waals surface area contributed by atoms with E-state index in [-0.39, 0.29) is 6.10 Å². The molecule has 0 aliphatic carbocycles. The Morgan fingerprint density at radius 1 is 1.33 bits per heavy atom. The van der Waals surface area contributed by atoms with Gasteiger partial charge in [0.1, 0.15) is 0 Å². The molecule has 0 saturated heterocycles. The fourth-order valence-electron chi connectivity index (χ4n) is 1.13. The van der Waals surface area contributed by atoms with E-state index in [0.717, 1.165) is 12.2 Å². The molecule has 65 valence electrons. The Bertz CT molecular complexity index is 225. The van der Waals surface area contributed by atoms with Gasteiger partial charge in [-0.25, -0.2) is 0 Å². The summed E-state index contributed by atoms with van der Waals surface area (Å²) >= 11 is 0. The van der Waals surface area contributed by atoms with Crippen LogP contribution in [-0.4, -0.2) is 6.61 Å². The predicted octanol–water partition coefficient (Wildman–Crippen LogP) is 2.97. The molecule has 1 rings (SSSR count). The lowest BCUT2D eigenvalue weighted by molar-refractivity contribution is 0.0764. The summed E-state index contributed by atoms with van der Waals surface area (Å²) in [4.78, 5) is 0. The van der Waals surface area contributed by atoms with Gasteiger partial charge in [-0.2, -0.15) is 0 Å². The number of hydrogen-bond acceptors (Lipinski definition) is 1. The molecule has 0 amide bonds. The molecule has 0 heterocycles. The molecule has 0 aliphatic rings. The van der Waals surface area contributed by atoms with Crippen molar-refractivity contribution in [1.29, 1.82) is 0 Å². The van der Waals surface area contributed by atoms with Crippen molar-refractivity contribution in [3.05, 3.63) is 42.3 Å². The van der Waals surface area contributed by atoms with Crippen LogP contribution in [0.2, 0.25) is 0 Å². The zero-order valence-corrected chi connectivity index (χ0v) is 7.71. The summed E-state index contributed by atoms with van der Waals surface area (Å²) in [6.07, 6.45) is 0.190. The summed E-state index contributed by atoms with van der Waals surface area (Å²) in [6.45, 7) is 8.65. The lowest BCUT2D eigenvalue weighted by Crippen LogP contribution is -1.98. The Morgan fingerprint density at radius 3 is 2.42 bits per heavy atom. The molecule has 12 heavy (non-hydrogen) atoms. The maximum Gasteiger partial charge on any atom is 0.0796 e. The standard InChI is InChI=1S/C11H15O/c1-4-12-10(3)11-7-5-9(2)6-8-11/h5-8,10H,2,4H2,1,3H3. The number of ether oxygens (including phenoxy) is 1. The van der Waals surface area contributed by atoms with Crippen LogP contribution in [0.4, 0.5) is 0 Å². The minimum atomic E-state index is 0.190. The fourth-order valence-corrected chi connectivity index (χ4v) is 1.13. The van der Waals surface area contributed by atoms with Crippen LogP contribution >= 0.6 is 0 Å². The molecule has 0 aromatic heterocycles. The van der Waals surface area contributed by atoms with E-state index < -0.39 is 0 Å². The summed E-state index contributed by atoms with van der Waals surface area (Å²) < 4.78 is 5.45. The van der Waals surface area contributed by atoms with Crippen LogP contribution in [0.15, 0.2) is 24.3 Å². The van der Waals surface area contributed by atoms with Crippen molar-refractivity contribution in [2.75, 3.05) is 6.61 Å². The lowest BCUT2D eigenvalue weighted by atomic mass is 10.1. The van der Waals surface area contributed by atoms with Gasteiger partial charge in [0, 0.05) is 6.61 Å². The van der Waals surface area contributed by atoms with Crippen molar-refractivity contribution in [3.8, 4) is 0 Å². The zero-order chi connectivity index (χ0) is 8.97. The van der Waals surface area contributed by atoms with Crippen molar-refractivity contribution >= 4 is 0 Å². The molecule has 0 N–H and O–H groups in total. The summed E-state index contributed by atoms with van der Waals surface area (Å²) in [5.41, 5.74) is 2.26. The Morgan fingerprint density at radius 2 is 1.92 bits per heavy atom. The normalized spacial score (nSPS) is 12.9. The molecule has 0 bridgehead atoms. The van der Waals surface area contributed by atoms with Gasteiger partial charge < -0.3 is 4.74 Å². The Kier molecular flexibility index (Phi) is 3.30. The summed E-state index contributed by atoms with van der Waals surface area (Å²) in [5.74, 6) is 0. The van der Waals surface area contributed by atoms with Gasteiger partial charge in [0.05, 0.1) is 6.10 Å². The first-order valence-corrected chi connectivity index (χ1v) is 4.27. The molecule has 1 unspecified atom stereocenters. The third-order valence-electron chi connectivity index (χ3n) is 1.87. The molecule has 0 aliphatic heterocycles. The number of hydrogen-bond donors (Lipinski definition) is 0. The first-order chi connectivity index (χ1) is 5.74. The van der Waals surface area contributed by atoms with Crippen LogP contribution in [0.25, 0.3) is 0 Å². The van der Waals surface area contributed by atoms with Gasteiger partial charge in [0.2, 0.25) is 0 Å². The van der Waals surface area contributed by atoms with Gasteiger partial charge in [-0.1, -0.05) is 24.3 Å². The largest absolute Gasteiger partial charge is 0.374 e. The quantitative estimate of drug-likeness (QED) is 0.665. The van der Waals surface area contributed by atoms with E-state index in [4.69, 9.17) is 4.74 Å². The SMILES string of the molecule is [CH2]c1ccc(C(C)OCC)cc1. The highest BCUT2D eigenvalue weighted by Crippen LogP contribution is 2.16. The average molecular weight is 163 g/mol. The maximum atomic E-state index is 5.45. The molecule has 1 aromatic carbocycles.